The number of carbonyl (C=O) groups is 1. The van der Waals surface area contributed by atoms with Crippen molar-refractivity contribution in [1.29, 1.82) is 0 Å². The third-order valence-electron chi connectivity index (χ3n) is 7.41. The summed E-state index contributed by atoms with van der Waals surface area (Å²) in [4.78, 5) is 20.0. The second-order valence-electron chi connectivity index (χ2n) is 10.6. The molecule has 1 aromatic heterocycles. The zero-order valence-corrected chi connectivity index (χ0v) is 22.4. The van der Waals surface area contributed by atoms with Gasteiger partial charge in [-0.15, -0.1) is 0 Å². The molecule has 0 radical (unpaired) electrons. The van der Waals surface area contributed by atoms with Crippen LogP contribution in [0.25, 0.3) is 11.0 Å². The Hall–Kier alpha value is -3.60. The lowest BCUT2D eigenvalue weighted by molar-refractivity contribution is -0.117. The predicted octanol–water partition coefficient (Wildman–Crippen LogP) is 7.16. The molecule has 3 aromatic carbocycles. The Labute approximate surface area is 220 Å². The molecule has 1 atom stereocenters. The summed E-state index contributed by atoms with van der Waals surface area (Å²) < 4.78 is 8.33. The summed E-state index contributed by atoms with van der Waals surface area (Å²) in [5, 5.41) is 0. The molecule has 2 heterocycles. The van der Waals surface area contributed by atoms with Gasteiger partial charge >= 0.3 is 0 Å². The average Bonchev–Trinajstić information content (AvgIpc) is 3.44. The first-order chi connectivity index (χ1) is 17.9. The van der Waals surface area contributed by atoms with E-state index in [4.69, 9.17) is 9.72 Å². The zero-order chi connectivity index (χ0) is 25.9. The minimum absolute atomic E-state index is 0.0799. The molecule has 0 saturated carbocycles. The summed E-state index contributed by atoms with van der Waals surface area (Å²) in [5.41, 5.74) is 6.83. The number of rotatable bonds is 9. The van der Waals surface area contributed by atoms with Gasteiger partial charge in [-0.1, -0.05) is 55.8 Å². The van der Waals surface area contributed by atoms with Crippen molar-refractivity contribution in [3.63, 3.8) is 0 Å². The van der Waals surface area contributed by atoms with Crippen LogP contribution in [0.3, 0.4) is 0 Å². The molecule has 1 aliphatic rings. The molecule has 37 heavy (non-hydrogen) atoms. The van der Waals surface area contributed by atoms with Gasteiger partial charge in [-0.25, -0.2) is 4.98 Å². The van der Waals surface area contributed by atoms with Crippen LogP contribution in [0, 0.1) is 13.8 Å². The first-order valence-electron chi connectivity index (χ1n) is 13.5. The summed E-state index contributed by atoms with van der Waals surface area (Å²) in [6.07, 6.45) is 2.43. The average molecular weight is 496 g/mol. The van der Waals surface area contributed by atoms with Crippen LogP contribution < -0.4 is 9.64 Å². The van der Waals surface area contributed by atoms with Crippen LogP contribution in [0.2, 0.25) is 0 Å². The fourth-order valence-electron chi connectivity index (χ4n) is 5.37. The molecule has 4 aromatic rings. The molecular weight excluding hydrogens is 458 g/mol. The van der Waals surface area contributed by atoms with Gasteiger partial charge < -0.3 is 14.2 Å². The summed E-state index contributed by atoms with van der Waals surface area (Å²) in [7, 11) is 0. The van der Waals surface area contributed by atoms with E-state index in [1.165, 1.54) is 11.1 Å². The summed E-state index contributed by atoms with van der Waals surface area (Å²) >= 11 is 0. The highest BCUT2D eigenvalue weighted by molar-refractivity contribution is 5.97. The third-order valence-corrected chi connectivity index (χ3v) is 7.41. The number of ether oxygens (including phenoxy) is 1. The van der Waals surface area contributed by atoms with Crippen LogP contribution in [-0.2, 0) is 11.3 Å². The predicted molar refractivity (Wildman–Crippen MR) is 151 cm³/mol. The quantitative estimate of drug-likeness (QED) is 0.232. The van der Waals surface area contributed by atoms with Gasteiger partial charge in [-0.3, -0.25) is 4.79 Å². The van der Waals surface area contributed by atoms with Gasteiger partial charge in [0.05, 0.1) is 17.6 Å². The van der Waals surface area contributed by atoms with Gasteiger partial charge in [-0.05, 0) is 74.1 Å². The van der Waals surface area contributed by atoms with Crippen LogP contribution in [0.15, 0.2) is 66.7 Å². The lowest BCUT2D eigenvalue weighted by Gasteiger charge is -2.20. The van der Waals surface area contributed by atoms with Gasteiger partial charge in [-0.2, -0.15) is 0 Å². The number of aromatic nitrogens is 2. The SMILES string of the molecule is Cc1ccc(N2CC(c3nc4ccccc4n3CCCCOc3ccc(C(C)C)cc3)CC2=O)c(C)c1. The van der Waals surface area contributed by atoms with E-state index in [2.05, 4.69) is 92.9 Å². The minimum Gasteiger partial charge on any atom is -0.494 e. The smallest absolute Gasteiger partial charge is 0.227 e. The normalized spacial score (nSPS) is 15.8. The van der Waals surface area contributed by atoms with Crippen molar-refractivity contribution < 1.29 is 9.53 Å². The second-order valence-corrected chi connectivity index (χ2v) is 10.6. The Kier molecular flexibility index (Phi) is 7.31. The van der Waals surface area contributed by atoms with E-state index in [0.29, 0.717) is 25.5 Å². The van der Waals surface area contributed by atoms with E-state index in [1.807, 2.05) is 11.0 Å². The molecule has 5 nitrogen and oxygen atoms in total. The van der Waals surface area contributed by atoms with E-state index in [1.54, 1.807) is 0 Å². The molecule has 1 saturated heterocycles. The molecule has 192 valence electrons. The number of imidazole rings is 1. The van der Waals surface area contributed by atoms with Crippen molar-refractivity contribution in [2.75, 3.05) is 18.1 Å². The highest BCUT2D eigenvalue weighted by atomic mass is 16.5. The largest absolute Gasteiger partial charge is 0.494 e. The van der Waals surface area contributed by atoms with Gasteiger partial charge in [0.15, 0.2) is 0 Å². The van der Waals surface area contributed by atoms with Crippen LogP contribution in [-0.4, -0.2) is 28.6 Å². The number of hydrogen-bond donors (Lipinski definition) is 0. The lowest BCUT2D eigenvalue weighted by Crippen LogP contribution is -2.25. The van der Waals surface area contributed by atoms with Gasteiger partial charge in [0, 0.05) is 31.1 Å². The third kappa shape index (κ3) is 5.41. The van der Waals surface area contributed by atoms with Crippen molar-refractivity contribution in [3.05, 3.63) is 89.2 Å². The van der Waals surface area contributed by atoms with Gasteiger partial charge in [0.25, 0.3) is 0 Å². The standard InChI is InChI=1S/C32H37N3O2/c1-22(2)25-12-14-27(15-13-25)37-18-8-7-17-34-30-10-6-5-9-28(30)33-32(34)26-20-31(36)35(21-26)29-16-11-23(3)19-24(29)4/h5-6,9-16,19,22,26H,7-8,17-18,20-21H2,1-4H3. The highest BCUT2D eigenvalue weighted by Crippen LogP contribution is 2.35. The first kappa shape index (κ1) is 25.1. The number of benzene rings is 3. The maximum atomic E-state index is 13.1. The zero-order valence-electron chi connectivity index (χ0n) is 22.4. The number of unbranched alkanes of at least 4 members (excludes halogenated alkanes) is 1. The van der Waals surface area contributed by atoms with Gasteiger partial charge in [0.2, 0.25) is 5.91 Å². The van der Waals surface area contributed by atoms with E-state index in [9.17, 15) is 4.79 Å². The Bertz CT molecular complexity index is 1390. The molecule has 0 N–H and O–H groups in total. The van der Waals surface area contributed by atoms with Crippen LogP contribution in [0.5, 0.6) is 5.75 Å². The van der Waals surface area contributed by atoms with E-state index in [-0.39, 0.29) is 11.8 Å². The molecule has 0 spiro atoms. The van der Waals surface area contributed by atoms with E-state index < -0.39 is 0 Å². The number of fused-ring (bicyclic) bond motifs is 1. The Morgan fingerprint density at radius 2 is 1.78 bits per heavy atom. The number of hydrogen-bond acceptors (Lipinski definition) is 3. The van der Waals surface area contributed by atoms with Crippen molar-refractivity contribution >= 4 is 22.6 Å². The Morgan fingerprint density at radius 3 is 2.54 bits per heavy atom. The molecule has 1 amide bonds. The highest BCUT2D eigenvalue weighted by Gasteiger charge is 2.35. The maximum absolute atomic E-state index is 13.1. The van der Waals surface area contributed by atoms with Crippen LogP contribution in [0.1, 0.15) is 67.5 Å². The fourth-order valence-corrected chi connectivity index (χ4v) is 5.37. The second kappa shape index (κ2) is 10.8. The number of anilines is 1. The number of para-hydroxylation sites is 2. The van der Waals surface area contributed by atoms with Crippen molar-refractivity contribution in [2.24, 2.45) is 0 Å². The minimum atomic E-state index is 0.0799. The van der Waals surface area contributed by atoms with Crippen LogP contribution in [0.4, 0.5) is 5.69 Å². The van der Waals surface area contributed by atoms with Crippen molar-refractivity contribution in [2.45, 2.75) is 65.3 Å². The summed E-state index contributed by atoms with van der Waals surface area (Å²) in [6, 6.07) is 23.0. The molecule has 0 bridgehead atoms. The van der Waals surface area contributed by atoms with E-state index in [0.717, 1.165) is 53.2 Å². The molecule has 5 heteroatoms. The number of nitrogens with zero attached hydrogens (tertiary/aromatic N) is 3. The molecule has 1 fully saturated rings. The number of aryl methyl sites for hydroxylation is 3. The monoisotopic (exact) mass is 495 g/mol. The summed E-state index contributed by atoms with van der Waals surface area (Å²) in [5.74, 6) is 2.72. The molecule has 0 aliphatic carbocycles. The van der Waals surface area contributed by atoms with Crippen molar-refractivity contribution in [1.82, 2.24) is 9.55 Å². The summed E-state index contributed by atoms with van der Waals surface area (Å²) in [6.45, 7) is 10.8. The molecule has 5 rings (SSSR count). The number of carbonyl (C=O) groups excluding carboxylic acids is 1. The lowest BCUT2D eigenvalue weighted by atomic mass is 10.0. The molecule has 1 aliphatic heterocycles. The molecular formula is C32H37N3O2. The first-order valence-corrected chi connectivity index (χ1v) is 13.5. The number of amides is 1. The van der Waals surface area contributed by atoms with Crippen molar-refractivity contribution in [3.8, 4) is 5.75 Å². The topological polar surface area (TPSA) is 47.4 Å². The van der Waals surface area contributed by atoms with Crippen LogP contribution >= 0.6 is 0 Å². The Morgan fingerprint density at radius 1 is 1.00 bits per heavy atom. The molecule has 1 unspecified atom stereocenters. The fraction of sp³-hybridized carbons (Fsp3) is 0.375. The Balaban J connectivity index is 1.27. The van der Waals surface area contributed by atoms with Gasteiger partial charge in [0.1, 0.15) is 11.6 Å². The van der Waals surface area contributed by atoms with E-state index >= 15 is 0 Å². The maximum Gasteiger partial charge on any atom is 0.227 e.